The highest BCUT2D eigenvalue weighted by molar-refractivity contribution is 6.30. The number of carbonyl (C=O) groups is 1. The van der Waals surface area contributed by atoms with Crippen molar-refractivity contribution in [3.63, 3.8) is 0 Å². The van der Waals surface area contributed by atoms with Crippen LogP contribution in [0.25, 0.3) is 11.5 Å². The first-order valence-corrected chi connectivity index (χ1v) is 7.43. The number of rotatable bonds is 5. The second-order valence-corrected chi connectivity index (χ2v) is 5.25. The van der Waals surface area contributed by atoms with Gasteiger partial charge in [0, 0.05) is 10.6 Å². The van der Waals surface area contributed by atoms with Crippen LogP contribution in [-0.4, -0.2) is 23.3 Å². The molecule has 0 fully saturated rings. The molecular formula is C17H13ClN2O4. The van der Waals surface area contributed by atoms with E-state index in [1.54, 1.807) is 48.5 Å². The Morgan fingerprint density at radius 2 is 1.96 bits per heavy atom. The van der Waals surface area contributed by atoms with E-state index in [0.29, 0.717) is 22.2 Å². The molecule has 6 nitrogen and oxygen atoms in total. The first-order valence-electron chi connectivity index (χ1n) is 7.05. The molecule has 24 heavy (non-hydrogen) atoms. The minimum absolute atomic E-state index is 0.114. The predicted molar refractivity (Wildman–Crippen MR) is 86.9 cm³/mol. The van der Waals surface area contributed by atoms with Crippen molar-refractivity contribution in [1.82, 2.24) is 10.2 Å². The summed E-state index contributed by atoms with van der Waals surface area (Å²) in [4.78, 5) is 12.0. The number of aromatic nitrogens is 2. The number of esters is 1. The standard InChI is InChI=1S/C17H13ClN2O4/c1-22-14-4-2-3-12(9-14)17(21)23-10-15-19-20-16(24-15)11-5-7-13(18)8-6-11/h2-9H,10H2,1H3. The van der Waals surface area contributed by atoms with Gasteiger partial charge in [-0.05, 0) is 42.5 Å². The Balaban J connectivity index is 1.64. The summed E-state index contributed by atoms with van der Waals surface area (Å²) < 4.78 is 15.7. The number of halogens is 1. The molecule has 0 bridgehead atoms. The van der Waals surface area contributed by atoms with Gasteiger partial charge in [0.2, 0.25) is 5.89 Å². The molecule has 0 N–H and O–H groups in total. The molecule has 2 aromatic carbocycles. The van der Waals surface area contributed by atoms with E-state index in [1.165, 1.54) is 7.11 Å². The Morgan fingerprint density at radius 3 is 2.71 bits per heavy atom. The number of carbonyl (C=O) groups excluding carboxylic acids is 1. The van der Waals surface area contributed by atoms with E-state index in [1.807, 2.05) is 0 Å². The number of hydrogen-bond acceptors (Lipinski definition) is 6. The molecule has 1 aromatic heterocycles. The zero-order chi connectivity index (χ0) is 16.9. The zero-order valence-electron chi connectivity index (χ0n) is 12.7. The van der Waals surface area contributed by atoms with Crippen LogP contribution in [0.5, 0.6) is 5.75 Å². The van der Waals surface area contributed by atoms with E-state index < -0.39 is 5.97 Å². The van der Waals surface area contributed by atoms with Gasteiger partial charge in [-0.25, -0.2) is 4.79 Å². The summed E-state index contributed by atoms with van der Waals surface area (Å²) in [7, 11) is 1.53. The van der Waals surface area contributed by atoms with Gasteiger partial charge in [-0.1, -0.05) is 17.7 Å². The van der Waals surface area contributed by atoms with Crippen LogP contribution in [0.1, 0.15) is 16.2 Å². The van der Waals surface area contributed by atoms with Crippen LogP contribution in [-0.2, 0) is 11.3 Å². The van der Waals surface area contributed by atoms with E-state index >= 15 is 0 Å². The molecule has 0 saturated heterocycles. The fourth-order valence-electron chi connectivity index (χ4n) is 1.98. The Labute approximate surface area is 143 Å². The van der Waals surface area contributed by atoms with Gasteiger partial charge < -0.3 is 13.9 Å². The molecule has 0 aliphatic rings. The van der Waals surface area contributed by atoms with E-state index in [0.717, 1.165) is 5.56 Å². The molecule has 0 aliphatic carbocycles. The highest BCUT2D eigenvalue weighted by Crippen LogP contribution is 2.20. The SMILES string of the molecule is COc1cccc(C(=O)OCc2nnc(-c3ccc(Cl)cc3)o2)c1. The van der Waals surface area contributed by atoms with Crippen LogP contribution >= 0.6 is 11.6 Å². The summed E-state index contributed by atoms with van der Waals surface area (Å²) in [6.07, 6.45) is 0. The van der Waals surface area contributed by atoms with Crippen LogP contribution < -0.4 is 4.74 Å². The number of methoxy groups -OCH3 is 1. The second-order valence-electron chi connectivity index (χ2n) is 4.82. The lowest BCUT2D eigenvalue weighted by Crippen LogP contribution is -2.05. The van der Waals surface area contributed by atoms with Crippen molar-refractivity contribution in [3.8, 4) is 17.2 Å². The average Bonchev–Trinajstić information content (AvgIpc) is 3.09. The van der Waals surface area contributed by atoms with Crippen molar-refractivity contribution >= 4 is 17.6 Å². The molecule has 0 radical (unpaired) electrons. The van der Waals surface area contributed by atoms with E-state index in [2.05, 4.69) is 10.2 Å². The minimum Gasteiger partial charge on any atom is -0.497 e. The van der Waals surface area contributed by atoms with Crippen molar-refractivity contribution in [2.45, 2.75) is 6.61 Å². The summed E-state index contributed by atoms with van der Waals surface area (Å²) in [5, 5.41) is 8.40. The first-order chi connectivity index (χ1) is 11.7. The Bertz CT molecular complexity index is 846. The van der Waals surface area contributed by atoms with Crippen LogP contribution in [0.3, 0.4) is 0 Å². The second kappa shape index (κ2) is 7.14. The number of benzene rings is 2. The zero-order valence-corrected chi connectivity index (χ0v) is 13.5. The van der Waals surface area contributed by atoms with E-state index in [-0.39, 0.29) is 12.5 Å². The highest BCUT2D eigenvalue weighted by Gasteiger charge is 2.13. The van der Waals surface area contributed by atoms with Crippen LogP contribution in [0.2, 0.25) is 5.02 Å². The predicted octanol–water partition coefficient (Wildman–Crippen LogP) is 3.76. The summed E-state index contributed by atoms with van der Waals surface area (Å²) in [6.45, 7) is -0.114. The molecule has 3 rings (SSSR count). The number of ether oxygens (including phenoxy) is 2. The van der Waals surface area contributed by atoms with E-state index in [9.17, 15) is 4.79 Å². The fraction of sp³-hybridized carbons (Fsp3) is 0.118. The molecular weight excluding hydrogens is 332 g/mol. The van der Waals surface area contributed by atoms with Crippen molar-refractivity contribution in [2.24, 2.45) is 0 Å². The largest absolute Gasteiger partial charge is 0.497 e. The lowest BCUT2D eigenvalue weighted by Gasteiger charge is -2.04. The maximum atomic E-state index is 12.0. The molecule has 0 aliphatic heterocycles. The molecule has 122 valence electrons. The molecule has 1 heterocycles. The maximum absolute atomic E-state index is 12.0. The lowest BCUT2D eigenvalue weighted by atomic mass is 10.2. The number of hydrogen-bond donors (Lipinski definition) is 0. The summed E-state index contributed by atoms with van der Waals surface area (Å²) >= 11 is 5.84. The smallest absolute Gasteiger partial charge is 0.338 e. The van der Waals surface area contributed by atoms with Crippen molar-refractivity contribution in [3.05, 3.63) is 65.0 Å². The van der Waals surface area contributed by atoms with Crippen molar-refractivity contribution in [1.29, 1.82) is 0 Å². The Hall–Kier alpha value is -2.86. The summed E-state index contributed by atoms with van der Waals surface area (Å²) in [5.41, 5.74) is 1.11. The summed E-state index contributed by atoms with van der Waals surface area (Å²) in [5.74, 6) is 0.614. The Morgan fingerprint density at radius 1 is 1.17 bits per heavy atom. The average molecular weight is 345 g/mol. The molecule has 0 amide bonds. The third-order valence-electron chi connectivity index (χ3n) is 3.19. The van der Waals surface area contributed by atoms with Gasteiger partial charge in [-0.15, -0.1) is 10.2 Å². The van der Waals surface area contributed by atoms with E-state index in [4.69, 9.17) is 25.5 Å². The first kappa shape index (κ1) is 16.0. The lowest BCUT2D eigenvalue weighted by molar-refractivity contribution is 0.0438. The van der Waals surface area contributed by atoms with Gasteiger partial charge >= 0.3 is 5.97 Å². The molecule has 0 atom stereocenters. The summed E-state index contributed by atoms with van der Waals surface area (Å²) in [6, 6.07) is 13.7. The van der Waals surface area contributed by atoms with Gasteiger partial charge in [0.1, 0.15) is 5.75 Å². The quantitative estimate of drug-likeness (QED) is 0.656. The fourth-order valence-corrected chi connectivity index (χ4v) is 2.11. The van der Waals surface area contributed by atoms with Crippen molar-refractivity contribution in [2.75, 3.05) is 7.11 Å². The van der Waals surface area contributed by atoms with Crippen LogP contribution in [0.15, 0.2) is 52.9 Å². The molecule has 7 heteroatoms. The monoisotopic (exact) mass is 344 g/mol. The normalized spacial score (nSPS) is 10.4. The van der Waals surface area contributed by atoms with Crippen LogP contribution in [0, 0.1) is 0 Å². The maximum Gasteiger partial charge on any atom is 0.338 e. The highest BCUT2D eigenvalue weighted by atomic mass is 35.5. The van der Waals surface area contributed by atoms with Gasteiger partial charge in [0.25, 0.3) is 5.89 Å². The molecule has 0 unspecified atom stereocenters. The van der Waals surface area contributed by atoms with Gasteiger partial charge in [-0.3, -0.25) is 0 Å². The minimum atomic E-state index is -0.500. The van der Waals surface area contributed by atoms with Gasteiger partial charge in [0.05, 0.1) is 12.7 Å². The van der Waals surface area contributed by atoms with Crippen molar-refractivity contribution < 1.29 is 18.7 Å². The molecule has 0 spiro atoms. The van der Waals surface area contributed by atoms with Gasteiger partial charge in [0.15, 0.2) is 6.61 Å². The third kappa shape index (κ3) is 3.72. The number of nitrogens with zero attached hydrogens (tertiary/aromatic N) is 2. The van der Waals surface area contributed by atoms with Gasteiger partial charge in [-0.2, -0.15) is 0 Å². The molecule has 0 saturated carbocycles. The molecule has 3 aromatic rings. The van der Waals surface area contributed by atoms with Crippen LogP contribution in [0.4, 0.5) is 0 Å². The Kier molecular flexibility index (Phi) is 4.77. The third-order valence-corrected chi connectivity index (χ3v) is 3.44. The topological polar surface area (TPSA) is 74.5 Å².